The van der Waals surface area contributed by atoms with Crippen LogP contribution < -0.4 is 10.6 Å². The molecule has 5 fully saturated rings. The number of piperidine rings is 1. The van der Waals surface area contributed by atoms with Crippen LogP contribution in [-0.4, -0.2) is 75.7 Å². The molecule has 11 heteroatoms. The first-order chi connectivity index (χ1) is 18.7. The van der Waals surface area contributed by atoms with Crippen LogP contribution in [0.4, 0.5) is 0 Å². The number of carbonyl (C=O) groups is 5. The number of likely N-dealkylation sites (tertiary alicyclic amines) is 1. The molecule has 4 aliphatic carbocycles. The number of amides is 3. The smallest absolute Gasteiger partial charge is 0.326 e. The molecule has 0 aromatic heterocycles. The first-order valence-electron chi connectivity index (χ1n) is 14.5. The highest BCUT2D eigenvalue weighted by Crippen LogP contribution is 2.60. The van der Waals surface area contributed by atoms with Crippen LogP contribution in [0.1, 0.15) is 89.9 Å². The number of ketones is 1. The maximum absolute atomic E-state index is 13.7. The number of unbranched alkanes of at least 4 members (excludes halogenated alkanes) is 1. The van der Waals surface area contributed by atoms with Gasteiger partial charge in [0.2, 0.25) is 23.5 Å². The van der Waals surface area contributed by atoms with Crippen LogP contribution in [0.5, 0.6) is 0 Å². The zero-order valence-electron chi connectivity index (χ0n) is 22.6. The van der Waals surface area contributed by atoms with Crippen molar-refractivity contribution in [1.82, 2.24) is 15.5 Å². The van der Waals surface area contributed by atoms with Gasteiger partial charge in [-0.15, -0.1) is 0 Å². The summed E-state index contributed by atoms with van der Waals surface area (Å²) in [4.78, 5) is 67.1. The van der Waals surface area contributed by atoms with Crippen molar-refractivity contribution in [2.24, 2.45) is 23.2 Å². The highest BCUT2D eigenvalue weighted by atomic mass is 16.4. The van der Waals surface area contributed by atoms with Crippen LogP contribution >= 0.6 is 0 Å². The largest absolute Gasteiger partial charge is 0.480 e. The van der Waals surface area contributed by atoms with E-state index in [1.54, 1.807) is 0 Å². The molecule has 3 amide bonds. The first-order valence-corrected chi connectivity index (χ1v) is 14.5. The van der Waals surface area contributed by atoms with Crippen LogP contribution in [0.3, 0.4) is 0 Å². The van der Waals surface area contributed by atoms with E-state index in [1.165, 1.54) is 19.3 Å². The monoisotopic (exact) mass is 543 g/mol. The summed E-state index contributed by atoms with van der Waals surface area (Å²) in [7, 11) is 0. The van der Waals surface area contributed by atoms with Crippen molar-refractivity contribution in [2.45, 2.75) is 102 Å². The Hall–Kier alpha value is -3.07. The fraction of sp³-hybridized carbons (Fsp3) is 0.786. The van der Waals surface area contributed by atoms with Crippen molar-refractivity contribution in [3.05, 3.63) is 5.53 Å². The van der Waals surface area contributed by atoms with Gasteiger partial charge in [0.1, 0.15) is 12.1 Å². The third-order valence-corrected chi connectivity index (χ3v) is 9.23. The SMILES string of the molecule is [N-]=[N+]=CC(=O)CC[C@H](NC(=O)[C@H](CCCCN1CCCCC1=O)NC(=O)C12CC3CC(CC(C3)C1)C2)C(=O)O. The molecule has 3 N–H and O–H groups in total. The van der Waals surface area contributed by atoms with Crippen LogP contribution in [0.25, 0.3) is 5.53 Å². The molecule has 4 bridgehead atoms. The number of Topliss-reactive ketones (excluding diaryl/α,β-unsaturated/α-hetero) is 1. The number of nitrogens with zero attached hydrogens (tertiary/aromatic N) is 3. The first kappa shape index (κ1) is 28.9. The number of hydrogen-bond acceptors (Lipinski definition) is 5. The molecule has 0 radical (unpaired) electrons. The van der Waals surface area contributed by atoms with Crippen molar-refractivity contribution < 1.29 is 33.9 Å². The molecule has 0 spiro atoms. The number of hydrogen-bond donors (Lipinski definition) is 3. The van der Waals surface area contributed by atoms with E-state index < -0.39 is 35.2 Å². The molecule has 5 aliphatic rings. The van der Waals surface area contributed by atoms with E-state index in [-0.39, 0.29) is 24.7 Å². The highest BCUT2D eigenvalue weighted by molar-refractivity contribution is 6.25. The molecule has 1 aliphatic heterocycles. The topological polar surface area (TPSA) is 169 Å². The minimum absolute atomic E-state index is 0.103. The third-order valence-electron chi connectivity index (χ3n) is 9.23. The zero-order chi connectivity index (χ0) is 28.0. The number of carbonyl (C=O) groups excluding carboxylic acids is 4. The summed E-state index contributed by atoms with van der Waals surface area (Å²) in [5.74, 6) is -0.695. The van der Waals surface area contributed by atoms with Gasteiger partial charge in [0.15, 0.2) is 0 Å². The quantitative estimate of drug-likeness (QED) is 0.131. The van der Waals surface area contributed by atoms with Gasteiger partial charge in [-0.3, -0.25) is 19.2 Å². The highest BCUT2D eigenvalue weighted by Gasteiger charge is 2.55. The summed E-state index contributed by atoms with van der Waals surface area (Å²) in [6.07, 6.45) is 10.5. The average Bonchev–Trinajstić information content (AvgIpc) is 2.88. The van der Waals surface area contributed by atoms with Gasteiger partial charge >= 0.3 is 12.2 Å². The second-order valence-corrected chi connectivity index (χ2v) is 12.2. The van der Waals surface area contributed by atoms with Gasteiger partial charge < -0.3 is 26.2 Å². The van der Waals surface area contributed by atoms with E-state index in [1.807, 2.05) is 4.90 Å². The predicted molar refractivity (Wildman–Crippen MR) is 140 cm³/mol. The van der Waals surface area contributed by atoms with Crippen molar-refractivity contribution in [3.8, 4) is 0 Å². The molecule has 0 aromatic rings. The van der Waals surface area contributed by atoms with E-state index in [2.05, 4.69) is 15.4 Å². The van der Waals surface area contributed by atoms with E-state index in [9.17, 15) is 29.1 Å². The van der Waals surface area contributed by atoms with E-state index in [0.29, 0.717) is 56.2 Å². The normalized spacial score (nSPS) is 28.8. The number of aliphatic carboxylic acids is 1. The van der Waals surface area contributed by atoms with Gasteiger partial charge in [-0.05, 0) is 94.8 Å². The Morgan fingerprint density at radius 2 is 1.67 bits per heavy atom. The molecule has 214 valence electrons. The van der Waals surface area contributed by atoms with Gasteiger partial charge in [-0.1, -0.05) is 0 Å². The lowest BCUT2D eigenvalue weighted by molar-refractivity contribution is -0.149. The number of carboxylic acid groups (broad SMARTS) is 1. The summed E-state index contributed by atoms with van der Waals surface area (Å²) in [5, 5.41) is 15.2. The lowest BCUT2D eigenvalue weighted by atomic mass is 9.49. The van der Waals surface area contributed by atoms with Crippen molar-refractivity contribution in [2.75, 3.05) is 13.1 Å². The van der Waals surface area contributed by atoms with Gasteiger partial charge in [0.05, 0.1) is 0 Å². The Bertz CT molecular complexity index is 987. The molecule has 39 heavy (non-hydrogen) atoms. The van der Waals surface area contributed by atoms with E-state index in [4.69, 9.17) is 5.53 Å². The number of rotatable bonds is 14. The van der Waals surface area contributed by atoms with E-state index in [0.717, 1.165) is 38.6 Å². The maximum Gasteiger partial charge on any atom is 0.326 e. The van der Waals surface area contributed by atoms with Crippen LogP contribution in [-0.2, 0) is 24.0 Å². The van der Waals surface area contributed by atoms with Crippen molar-refractivity contribution >= 4 is 35.7 Å². The van der Waals surface area contributed by atoms with Crippen LogP contribution in [0.15, 0.2) is 0 Å². The number of nitrogens with one attached hydrogen (secondary N) is 2. The Balaban J connectivity index is 1.39. The van der Waals surface area contributed by atoms with Crippen molar-refractivity contribution in [3.63, 3.8) is 0 Å². The third kappa shape index (κ3) is 7.32. The Morgan fingerprint density at radius 1 is 1.00 bits per heavy atom. The van der Waals surface area contributed by atoms with Crippen molar-refractivity contribution in [1.29, 1.82) is 0 Å². The Kier molecular flexibility index (Phi) is 9.53. The summed E-state index contributed by atoms with van der Waals surface area (Å²) in [6.45, 7) is 1.34. The fourth-order valence-electron chi connectivity index (χ4n) is 7.66. The molecular formula is C28H41N5O6. The Morgan fingerprint density at radius 3 is 2.26 bits per heavy atom. The molecule has 4 saturated carbocycles. The fourth-order valence-corrected chi connectivity index (χ4v) is 7.66. The molecule has 5 rings (SSSR count). The maximum atomic E-state index is 13.7. The molecule has 0 unspecified atom stereocenters. The van der Waals surface area contributed by atoms with Gasteiger partial charge in [0, 0.05) is 31.3 Å². The molecule has 2 atom stereocenters. The van der Waals surface area contributed by atoms with Crippen LogP contribution in [0, 0.1) is 23.2 Å². The summed E-state index contributed by atoms with van der Waals surface area (Å²) < 4.78 is 0. The standard InChI is InChI=1S/C28H41N5O6/c29-30-17-21(34)7-8-23(26(37)38)31-25(36)22(5-1-3-9-33-10-4-2-6-24(33)35)32-27(39)28-14-18-11-19(15-28)13-20(12-18)16-28/h17-20,22-23H,1-16H2,(H,31,36)(H,32,39)(H,37,38)/t18?,19?,20?,22-,23-,28?/m0/s1. The van der Waals surface area contributed by atoms with E-state index >= 15 is 0 Å². The summed E-state index contributed by atoms with van der Waals surface area (Å²) in [6, 6.07) is -2.22. The average molecular weight is 544 g/mol. The van der Waals surface area contributed by atoms with Gasteiger partial charge in [-0.25, -0.2) is 4.79 Å². The second kappa shape index (κ2) is 12.9. The molecule has 11 nitrogen and oxygen atoms in total. The minimum atomic E-state index is -1.32. The lowest BCUT2D eigenvalue weighted by Crippen LogP contribution is -2.58. The lowest BCUT2D eigenvalue weighted by Gasteiger charge is -2.55. The summed E-state index contributed by atoms with van der Waals surface area (Å²) in [5.41, 5.74) is 8.05. The molecular weight excluding hydrogens is 502 g/mol. The van der Waals surface area contributed by atoms with Gasteiger partial charge in [0.25, 0.3) is 0 Å². The predicted octanol–water partition coefficient (Wildman–Crippen LogP) is 2.09. The second-order valence-electron chi connectivity index (χ2n) is 12.2. The Labute approximate surface area is 229 Å². The minimum Gasteiger partial charge on any atom is -0.480 e. The van der Waals surface area contributed by atoms with Crippen LogP contribution in [0.2, 0.25) is 0 Å². The summed E-state index contributed by atoms with van der Waals surface area (Å²) >= 11 is 0. The zero-order valence-corrected chi connectivity index (χ0v) is 22.6. The molecule has 0 aromatic carbocycles. The molecule has 1 saturated heterocycles. The number of carboxylic acids is 1. The molecule has 1 heterocycles. The van der Waals surface area contributed by atoms with Gasteiger partial charge in [-0.2, -0.15) is 4.79 Å².